The zero-order valence-electron chi connectivity index (χ0n) is 16.7. The maximum atomic E-state index is 12.5. The van der Waals surface area contributed by atoms with Gasteiger partial charge in [0.1, 0.15) is 5.15 Å². The van der Waals surface area contributed by atoms with Gasteiger partial charge in [0.15, 0.2) is 5.96 Å². The molecular weight excluding hydrogens is 525 g/mol. The first-order chi connectivity index (χ1) is 13.3. The van der Waals surface area contributed by atoms with Gasteiger partial charge in [0.25, 0.3) is 0 Å². The molecule has 0 atom stereocenters. The molecule has 0 unspecified atom stereocenters. The molecule has 2 N–H and O–H groups in total. The maximum Gasteiger partial charge on any atom is 0.242 e. The molecule has 7 nitrogen and oxygen atoms in total. The number of pyridine rings is 1. The van der Waals surface area contributed by atoms with Crippen LogP contribution in [0, 0.1) is 0 Å². The molecule has 0 spiro atoms. The van der Waals surface area contributed by atoms with Crippen molar-refractivity contribution >= 4 is 51.6 Å². The molecular formula is C19H27ClIN5O2S. The normalized spacial score (nSPS) is 11.8. The van der Waals surface area contributed by atoms with Crippen LogP contribution in [0.1, 0.15) is 18.1 Å². The van der Waals surface area contributed by atoms with Gasteiger partial charge in [-0.3, -0.25) is 0 Å². The van der Waals surface area contributed by atoms with Crippen LogP contribution in [-0.4, -0.2) is 50.9 Å². The van der Waals surface area contributed by atoms with E-state index >= 15 is 0 Å². The van der Waals surface area contributed by atoms with Crippen molar-refractivity contribution in [1.82, 2.24) is 19.9 Å². The van der Waals surface area contributed by atoms with Crippen LogP contribution in [0.2, 0.25) is 5.15 Å². The Labute approximate surface area is 195 Å². The molecule has 0 saturated carbocycles. The van der Waals surface area contributed by atoms with E-state index in [0.29, 0.717) is 29.8 Å². The Morgan fingerprint density at radius 3 is 2.52 bits per heavy atom. The van der Waals surface area contributed by atoms with Crippen LogP contribution in [0.25, 0.3) is 0 Å². The SMILES string of the molecule is CCNC(=NCc1ccccc1S(=O)(=O)N(C)C)NCCc1ccc(Cl)nc1.I. The lowest BCUT2D eigenvalue weighted by Gasteiger charge is -2.15. The number of hydrogen-bond acceptors (Lipinski definition) is 4. The van der Waals surface area contributed by atoms with Gasteiger partial charge >= 0.3 is 0 Å². The van der Waals surface area contributed by atoms with Crippen molar-refractivity contribution in [2.24, 2.45) is 4.99 Å². The van der Waals surface area contributed by atoms with Crippen molar-refractivity contribution in [3.05, 3.63) is 58.9 Å². The molecule has 0 aliphatic carbocycles. The predicted octanol–water partition coefficient (Wildman–Crippen LogP) is 2.90. The molecule has 29 heavy (non-hydrogen) atoms. The number of guanidine groups is 1. The molecule has 0 amide bonds. The number of sulfonamides is 1. The summed E-state index contributed by atoms with van der Waals surface area (Å²) in [6.45, 7) is 3.59. The Morgan fingerprint density at radius 2 is 1.90 bits per heavy atom. The van der Waals surface area contributed by atoms with Gasteiger partial charge in [-0.1, -0.05) is 35.9 Å². The highest BCUT2D eigenvalue weighted by Crippen LogP contribution is 2.19. The molecule has 10 heteroatoms. The Hall–Kier alpha value is -1.43. The monoisotopic (exact) mass is 551 g/mol. The van der Waals surface area contributed by atoms with Crippen molar-refractivity contribution in [2.75, 3.05) is 27.2 Å². The fourth-order valence-electron chi connectivity index (χ4n) is 2.47. The molecule has 2 rings (SSSR count). The molecule has 1 heterocycles. The average Bonchev–Trinajstić information content (AvgIpc) is 2.67. The highest BCUT2D eigenvalue weighted by molar-refractivity contribution is 14.0. The minimum atomic E-state index is -3.52. The third kappa shape index (κ3) is 7.72. The topological polar surface area (TPSA) is 86.7 Å². The Morgan fingerprint density at radius 1 is 1.17 bits per heavy atom. The molecule has 0 saturated heterocycles. The minimum Gasteiger partial charge on any atom is -0.357 e. The third-order valence-electron chi connectivity index (χ3n) is 3.98. The Kier molecular flexibility index (Phi) is 10.9. The first kappa shape index (κ1) is 25.6. The fraction of sp³-hybridized carbons (Fsp3) is 0.368. The van der Waals surface area contributed by atoms with E-state index in [1.54, 1.807) is 30.5 Å². The quantitative estimate of drug-likeness (QED) is 0.228. The number of halogens is 2. The fourth-order valence-corrected chi connectivity index (χ4v) is 3.69. The largest absolute Gasteiger partial charge is 0.357 e. The van der Waals surface area contributed by atoms with Crippen molar-refractivity contribution in [3.63, 3.8) is 0 Å². The molecule has 0 aliphatic heterocycles. The van der Waals surface area contributed by atoms with E-state index in [9.17, 15) is 8.42 Å². The molecule has 0 radical (unpaired) electrons. The molecule has 1 aromatic carbocycles. The van der Waals surface area contributed by atoms with E-state index in [0.717, 1.165) is 12.0 Å². The van der Waals surface area contributed by atoms with E-state index in [2.05, 4.69) is 20.6 Å². The average molecular weight is 552 g/mol. The highest BCUT2D eigenvalue weighted by atomic mass is 127. The number of rotatable bonds is 8. The van der Waals surface area contributed by atoms with Gasteiger partial charge in [-0.05, 0) is 36.6 Å². The van der Waals surface area contributed by atoms with Crippen molar-refractivity contribution in [3.8, 4) is 0 Å². The number of nitrogens with one attached hydrogen (secondary N) is 2. The van der Waals surface area contributed by atoms with E-state index < -0.39 is 10.0 Å². The van der Waals surface area contributed by atoms with Crippen LogP contribution >= 0.6 is 35.6 Å². The summed E-state index contributed by atoms with van der Waals surface area (Å²) >= 11 is 5.80. The van der Waals surface area contributed by atoms with Crippen LogP contribution in [-0.2, 0) is 23.0 Å². The second kappa shape index (κ2) is 12.3. The number of aromatic nitrogens is 1. The number of nitrogens with zero attached hydrogens (tertiary/aromatic N) is 3. The second-order valence-corrected chi connectivity index (χ2v) is 8.76. The molecule has 160 valence electrons. The first-order valence-electron chi connectivity index (χ1n) is 8.97. The summed E-state index contributed by atoms with van der Waals surface area (Å²) in [5.74, 6) is 0.626. The van der Waals surface area contributed by atoms with Crippen molar-refractivity contribution in [2.45, 2.75) is 24.8 Å². The maximum absolute atomic E-state index is 12.5. The van der Waals surface area contributed by atoms with Crippen molar-refractivity contribution in [1.29, 1.82) is 0 Å². The number of hydrogen-bond donors (Lipinski definition) is 2. The summed E-state index contributed by atoms with van der Waals surface area (Å²) in [6.07, 6.45) is 2.51. The second-order valence-electron chi connectivity index (χ2n) is 6.26. The van der Waals surface area contributed by atoms with Gasteiger partial charge in [-0.15, -0.1) is 24.0 Å². The van der Waals surface area contributed by atoms with Crippen LogP contribution in [0.5, 0.6) is 0 Å². The van der Waals surface area contributed by atoms with Crippen LogP contribution in [0.4, 0.5) is 0 Å². The summed E-state index contributed by atoms with van der Waals surface area (Å²) < 4.78 is 26.2. The lowest BCUT2D eigenvalue weighted by Crippen LogP contribution is -2.38. The molecule has 0 fully saturated rings. The summed E-state index contributed by atoms with van der Waals surface area (Å²) in [7, 11) is -0.478. The van der Waals surface area contributed by atoms with Gasteiger partial charge < -0.3 is 10.6 Å². The minimum absolute atomic E-state index is 0. The predicted molar refractivity (Wildman–Crippen MR) is 128 cm³/mol. The van der Waals surface area contributed by atoms with Crippen LogP contribution in [0.3, 0.4) is 0 Å². The van der Waals surface area contributed by atoms with E-state index in [1.807, 2.05) is 19.1 Å². The zero-order chi connectivity index (χ0) is 20.6. The van der Waals surface area contributed by atoms with E-state index in [1.165, 1.54) is 18.4 Å². The van der Waals surface area contributed by atoms with Gasteiger partial charge in [0.05, 0.1) is 11.4 Å². The summed E-state index contributed by atoms with van der Waals surface area (Å²) in [5, 5.41) is 6.90. The van der Waals surface area contributed by atoms with Gasteiger partial charge in [-0.2, -0.15) is 0 Å². The standard InChI is InChI=1S/C19H26ClN5O2S.HI/c1-4-21-19(22-12-11-15-9-10-18(20)23-13-15)24-14-16-7-5-6-8-17(16)28(26,27)25(2)3;/h5-10,13H,4,11-12,14H2,1-3H3,(H2,21,22,24);1H. The van der Waals surface area contributed by atoms with E-state index in [4.69, 9.17) is 11.6 Å². The summed E-state index contributed by atoms with van der Waals surface area (Å²) in [4.78, 5) is 8.87. The zero-order valence-corrected chi connectivity index (χ0v) is 20.6. The molecule has 0 bridgehead atoms. The molecule has 0 aliphatic rings. The Balaban J connectivity index is 0.00000420. The third-order valence-corrected chi connectivity index (χ3v) is 6.12. The molecule has 1 aromatic heterocycles. The first-order valence-corrected chi connectivity index (χ1v) is 10.8. The number of benzene rings is 1. The van der Waals surface area contributed by atoms with E-state index in [-0.39, 0.29) is 35.4 Å². The van der Waals surface area contributed by atoms with Gasteiger partial charge in [-0.25, -0.2) is 22.7 Å². The highest BCUT2D eigenvalue weighted by Gasteiger charge is 2.20. The smallest absolute Gasteiger partial charge is 0.242 e. The number of aliphatic imine (C=N–C) groups is 1. The van der Waals surface area contributed by atoms with Crippen LogP contribution < -0.4 is 10.6 Å². The molecule has 2 aromatic rings. The summed E-state index contributed by atoms with van der Waals surface area (Å²) in [6, 6.07) is 10.6. The van der Waals surface area contributed by atoms with Crippen LogP contribution in [0.15, 0.2) is 52.5 Å². The van der Waals surface area contributed by atoms with Gasteiger partial charge in [0, 0.05) is 33.4 Å². The van der Waals surface area contributed by atoms with Gasteiger partial charge in [0.2, 0.25) is 10.0 Å². The summed E-state index contributed by atoms with van der Waals surface area (Å²) in [5.41, 5.74) is 1.71. The Bertz CT molecular complexity index is 905. The van der Waals surface area contributed by atoms with Crippen molar-refractivity contribution < 1.29 is 8.42 Å². The lowest BCUT2D eigenvalue weighted by atomic mass is 10.2. The lowest BCUT2D eigenvalue weighted by molar-refractivity contribution is 0.519.